The van der Waals surface area contributed by atoms with Crippen molar-refractivity contribution in [3.63, 3.8) is 0 Å². The van der Waals surface area contributed by atoms with Crippen molar-refractivity contribution in [3.05, 3.63) is 47.5 Å². The quantitative estimate of drug-likeness (QED) is 0.235. The average molecular weight is 455 g/mol. The van der Waals surface area contributed by atoms with Crippen LogP contribution < -0.4 is 9.47 Å². The summed E-state index contributed by atoms with van der Waals surface area (Å²) in [5.41, 5.74) is 1.39. The second kappa shape index (κ2) is 15.7. The SMILES string of the molecule is COc1ccc(O)c(C=NCCCCCCCCCCCN=Cc2cc(OC)ccc2O)c1. The Hall–Kier alpha value is -3.02. The molecular weight excluding hydrogens is 416 g/mol. The van der Waals surface area contributed by atoms with Crippen LogP contribution in [0.3, 0.4) is 0 Å². The highest BCUT2D eigenvalue weighted by molar-refractivity contribution is 5.84. The van der Waals surface area contributed by atoms with Crippen LogP contribution in [0, 0.1) is 0 Å². The molecule has 0 amide bonds. The van der Waals surface area contributed by atoms with Gasteiger partial charge in [0, 0.05) is 36.6 Å². The van der Waals surface area contributed by atoms with Crippen molar-refractivity contribution in [1.29, 1.82) is 0 Å². The molecule has 0 aliphatic carbocycles. The minimum atomic E-state index is 0.225. The number of nitrogens with zero attached hydrogens (tertiary/aromatic N) is 2. The molecule has 0 aliphatic rings. The number of unbranched alkanes of at least 4 members (excludes halogenated alkanes) is 8. The normalized spacial score (nSPS) is 11.5. The van der Waals surface area contributed by atoms with Crippen molar-refractivity contribution < 1.29 is 19.7 Å². The lowest BCUT2D eigenvalue weighted by atomic mass is 10.1. The lowest BCUT2D eigenvalue weighted by Gasteiger charge is -2.03. The molecule has 2 aromatic carbocycles. The van der Waals surface area contributed by atoms with Gasteiger partial charge in [0.1, 0.15) is 23.0 Å². The zero-order valence-corrected chi connectivity index (χ0v) is 20.0. The molecule has 0 heterocycles. The molecule has 6 nitrogen and oxygen atoms in total. The van der Waals surface area contributed by atoms with Crippen molar-refractivity contribution in [3.8, 4) is 23.0 Å². The predicted octanol–water partition coefficient (Wildman–Crippen LogP) is 6.16. The summed E-state index contributed by atoms with van der Waals surface area (Å²) in [6.07, 6.45) is 14.3. The fourth-order valence-electron chi connectivity index (χ4n) is 3.50. The Bertz CT molecular complexity index is 809. The van der Waals surface area contributed by atoms with E-state index < -0.39 is 0 Å². The van der Waals surface area contributed by atoms with E-state index >= 15 is 0 Å². The van der Waals surface area contributed by atoms with Crippen LogP contribution in [0.1, 0.15) is 68.9 Å². The minimum Gasteiger partial charge on any atom is -0.507 e. The molecule has 0 spiro atoms. The number of phenols is 2. The first kappa shape index (κ1) is 26.2. The van der Waals surface area contributed by atoms with Gasteiger partial charge in [-0.3, -0.25) is 9.98 Å². The van der Waals surface area contributed by atoms with Crippen molar-refractivity contribution >= 4 is 12.4 Å². The number of hydrogen-bond donors (Lipinski definition) is 2. The maximum absolute atomic E-state index is 9.84. The Labute approximate surface area is 198 Å². The van der Waals surface area contributed by atoms with Gasteiger partial charge in [-0.2, -0.15) is 0 Å². The molecule has 0 unspecified atom stereocenters. The van der Waals surface area contributed by atoms with E-state index in [0.29, 0.717) is 11.1 Å². The van der Waals surface area contributed by atoms with Crippen molar-refractivity contribution in [1.82, 2.24) is 0 Å². The molecule has 0 fully saturated rings. The van der Waals surface area contributed by atoms with E-state index in [0.717, 1.165) is 37.4 Å². The van der Waals surface area contributed by atoms with Gasteiger partial charge in [0.15, 0.2) is 0 Å². The van der Waals surface area contributed by atoms with Crippen molar-refractivity contribution in [2.75, 3.05) is 27.3 Å². The summed E-state index contributed by atoms with van der Waals surface area (Å²) in [5.74, 6) is 1.89. The summed E-state index contributed by atoms with van der Waals surface area (Å²) in [4.78, 5) is 8.84. The Balaban J connectivity index is 1.44. The number of aromatic hydroxyl groups is 2. The number of methoxy groups -OCH3 is 2. The third-order valence-corrected chi connectivity index (χ3v) is 5.50. The van der Waals surface area contributed by atoms with Crippen LogP contribution in [0.25, 0.3) is 0 Å². The summed E-state index contributed by atoms with van der Waals surface area (Å²) in [7, 11) is 3.22. The van der Waals surface area contributed by atoms with Gasteiger partial charge in [0.2, 0.25) is 0 Å². The van der Waals surface area contributed by atoms with Gasteiger partial charge in [-0.25, -0.2) is 0 Å². The van der Waals surface area contributed by atoms with E-state index in [-0.39, 0.29) is 11.5 Å². The number of aliphatic imine (C=N–C) groups is 2. The minimum absolute atomic E-state index is 0.225. The molecular formula is C27H38N2O4. The molecule has 33 heavy (non-hydrogen) atoms. The molecule has 0 aliphatic heterocycles. The fraction of sp³-hybridized carbons (Fsp3) is 0.481. The third kappa shape index (κ3) is 10.4. The van der Waals surface area contributed by atoms with E-state index in [4.69, 9.17) is 9.47 Å². The number of hydrogen-bond acceptors (Lipinski definition) is 6. The van der Waals surface area contributed by atoms with Gasteiger partial charge >= 0.3 is 0 Å². The molecule has 0 aromatic heterocycles. The Morgan fingerprint density at radius 3 is 1.33 bits per heavy atom. The van der Waals surface area contributed by atoms with Crippen LogP contribution in [0.5, 0.6) is 23.0 Å². The first-order valence-corrected chi connectivity index (χ1v) is 11.9. The highest BCUT2D eigenvalue weighted by Crippen LogP contribution is 2.22. The second-order valence-electron chi connectivity index (χ2n) is 8.10. The van der Waals surface area contributed by atoms with Crippen molar-refractivity contribution in [2.45, 2.75) is 57.8 Å². The first-order chi connectivity index (χ1) is 16.1. The van der Waals surface area contributed by atoms with E-state index in [2.05, 4.69) is 9.98 Å². The topological polar surface area (TPSA) is 83.6 Å². The highest BCUT2D eigenvalue weighted by atomic mass is 16.5. The summed E-state index contributed by atoms with van der Waals surface area (Å²) in [6.45, 7) is 1.56. The summed E-state index contributed by atoms with van der Waals surface area (Å²) in [6, 6.07) is 10.3. The van der Waals surface area contributed by atoms with Gasteiger partial charge in [-0.1, -0.05) is 44.9 Å². The average Bonchev–Trinajstić information content (AvgIpc) is 2.83. The van der Waals surface area contributed by atoms with Gasteiger partial charge in [-0.15, -0.1) is 0 Å². The fourth-order valence-corrected chi connectivity index (χ4v) is 3.50. The number of rotatable bonds is 16. The molecule has 2 aromatic rings. The Morgan fingerprint density at radius 1 is 0.606 bits per heavy atom. The molecule has 2 rings (SSSR count). The van der Waals surface area contributed by atoms with E-state index in [1.807, 2.05) is 0 Å². The predicted molar refractivity (Wildman–Crippen MR) is 136 cm³/mol. The molecule has 0 saturated carbocycles. The smallest absolute Gasteiger partial charge is 0.124 e. The van der Waals surface area contributed by atoms with E-state index in [1.54, 1.807) is 63.0 Å². The van der Waals surface area contributed by atoms with Crippen LogP contribution in [-0.2, 0) is 0 Å². The monoisotopic (exact) mass is 454 g/mol. The Morgan fingerprint density at radius 2 is 0.970 bits per heavy atom. The summed E-state index contributed by atoms with van der Waals surface area (Å²) < 4.78 is 10.3. The van der Waals surface area contributed by atoms with Gasteiger partial charge in [0.25, 0.3) is 0 Å². The van der Waals surface area contributed by atoms with E-state index in [1.165, 1.54) is 44.9 Å². The van der Waals surface area contributed by atoms with Crippen molar-refractivity contribution in [2.24, 2.45) is 9.98 Å². The van der Waals surface area contributed by atoms with Gasteiger partial charge in [-0.05, 0) is 49.2 Å². The molecule has 0 atom stereocenters. The molecule has 2 N–H and O–H groups in total. The lowest BCUT2D eigenvalue weighted by Crippen LogP contribution is -1.90. The van der Waals surface area contributed by atoms with Crippen LogP contribution in [0.15, 0.2) is 46.4 Å². The largest absolute Gasteiger partial charge is 0.507 e. The summed E-state index contributed by atoms with van der Waals surface area (Å²) in [5, 5.41) is 19.7. The highest BCUT2D eigenvalue weighted by Gasteiger charge is 2.01. The molecule has 180 valence electrons. The number of ether oxygens (including phenoxy) is 2. The molecule has 0 saturated heterocycles. The van der Waals surface area contributed by atoms with Crippen LogP contribution in [-0.4, -0.2) is 50.0 Å². The van der Waals surface area contributed by atoms with Gasteiger partial charge in [0.05, 0.1) is 14.2 Å². The lowest BCUT2D eigenvalue weighted by molar-refractivity contribution is 0.412. The Kier molecular flexibility index (Phi) is 12.5. The number of phenolic OH excluding ortho intramolecular Hbond substituents is 2. The maximum Gasteiger partial charge on any atom is 0.124 e. The summed E-state index contributed by atoms with van der Waals surface area (Å²) >= 11 is 0. The van der Waals surface area contributed by atoms with Crippen LogP contribution >= 0.6 is 0 Å². The molecule has 0 bridgehead atoms. The standard InChI is InChI=1S/C27H38N2O4/c1-32-24-12-14-26(30)22(18-24)20-28-16-10-8-6-4-3-5-7-9-11-17-29-21-23-19-25(33-2)13-15-27(23)31/h12-15,18-21,30-31H,3-11,16-17H2,1-2H3. The molecule has 6 heteroatoms. The van der Waals surface area contributed by atoms with Crippen LogP contribution in [0.2, 0.25) is 0 Å². The second-order valence-corrected chi connectivity index (χ2v) is 8.10. The maximum atomic E-state index is 9.84. The van der Waals surface area contributed by atoms with E-state index in [9.17, 15) is 10.2 Å². The molecule has 0 radical (unpaired) electrons. The zero-order valence-electron chi connectivity index (χ0n) is 20.0. The van der Waals surface area contributed by atoms with Gasteiger partial charge < -0.3 is 19.7 Å². The zero-order chi connectivity index (χ0) is 23.7. The third-order valence-electron chi connectivity index (χ3n) is 5.50. The first-order valence-electron chi connectivity index (χ1n) is 11.9. The van der Waals surface area contributed by atoms with Crippen LogP contribution in [0.4, 0.5) is 0 Å². The number of benzene rings is 2.